The maximum Gasteiger partial charge on any atom is 0.417 e. The Kier molecular flexibility index (Phi) is 2.53. The van der Waals surface area contributed by atoms with Crippen molar-refractivity contribution in [2.24, 2.45) is 0 Å². The van der Waals surface area contributed by atoms with Gasteiger partial charge in [0.25, 0.3) is 5.95 Å². The van der Waals surface area contributed by atoms with Crippen molar-refractivity contribution in [1.82, 2.24) is 20.2 Å². The minimum Gasteiger partial charge on any atom is -0.443 e. The van der Waals surface area contributed by atoms with Crippen LogP contribution in [-0.4, -0.2) is 38.4 Å². The van der Waals surface area contributed by atoms with Crippen LogP contribution >= 0.6 is 0 Å². The van der Waals surface area contributed by atoms with Gasteiger partial charge in [0.05, 0.1) is 0 Å². The Balaban J connectivity index is 2.15. The molecule has 0 N–H and O–H groups in total. The third-order valence-electron chi connectivity index (χ3n) is 2.12. The molecule has 0 spiro atoms. The molecule has 2 heterocycles. The molecule has 0 radical (unpaired) electrons. The number of rotatable bonds is 0. The number of carbonyl (C=O) groups is 1. The molecule has 1 aromatic heterocycles. The van der Waals surface area contributed by atoms with Crippen LogP contribution in [0.5, 0.6) is 0 Å². The minimum absolute atomic E-state index is 0.400. The fourth-order valence-electron chi connectivity index (χ4n) is 1.51. The van der Waals surface area contributed by atoms with Gasteiger partial charge in [-0.3, -0.25) is 0 Å². The van der Waals surface area contributed by atoms with Crippen LogP contribution in [0.4, 0.5) is 10.7 Å². The average Bonchev–Trinajstić information content (AvgIpc) is 2.61. The molecule has 7 heteroatoms. The lowest BCUT2D eigenvalue weighted by atomic mass is 10.2. The van der Waals surface area contributed by atoms with Crippen LogP contribution in [-0.2, 0) is 11.3 Å². The first-order valence-corrected chi connectivity index (χ1v) is 5.24. The fourth-order valence-corrected chi connectivity index (χ4v) is 1.51. The highest BCUT2D eigenvalue weighted by Crippen LogP contribution is 2.19. The Morgan fingerprint density at radius 2 is 2.12 bits per heavy atom. The molecule has 0 atom stereocenters. The number of aryl methyl sites for hydroxylation is 1. The van der Waals surface area contributed by atoms with Crippen molar-refractivity contribution in [3.05, 3.63) is 0 Å². The first-order valence-electron chi connectivity index (χ1n) is 5.24. The third-order valence-corrected chi connectivity index (χ3v) is 2.12. The van der Waals surface area contributed by atoms with Gasteiger partial charge < -0.3 is 4.74 Å². The van der Waals surface area contributed by atoms with Crippen LogP contribution in [0, 0.1) is 0 Å². The van der Waals surface area contributed by atoms with Crippen molar-refractivity contribution in [1.29, 1.82) is 0 Å². The van der Waals surface area contributed by atoms with E-state index in [1.54, 1.807) is 4.68 Å². The molecule has 1 amide bonds. The van der Waals surface area contributed by atoms with E-state index >= 15 is 0 Å². The van der Waals surface area contributed by atoms with Crippen LogP contribution < -0.4 is 4.90 Å². The number of tetrazole rings is 1. The largest absolute Gasteiger partial charge is 0.443 e. The van der Waals surface area contributed by atoms with Crippen LogP contribution in [0.2, 0.25) is 0 Å². The van der Waals surface area contributed by atoms with Gasteiger partial charge in [0.1, 0.15) is 5.60 Å². The molecule has 1 aliphatic heterocycles. The van der Waals surface area contributed by atoms with Crippen LogP contribution in [0.15, 0.2) is 0 Å². The summed E-state index contributed by atoms with van der Waals surface area (Å²) in [5.74, 6) is 0.459. The Hall–Kier alpha value is -1.66. The van der Waals surface area contributed by atoms with Gasteiger partial charge in [-0.25, -0.2) is 14.4 Å². The molecule has 2 rings (SSSR count). The second-order valence-corrected chi connectivity index (χ2v) is 4.69. The lowest BCUT2D eigenvalue weighted by Crippen LogP contribution is -2.41. The van der Waals surface area contributed by atoms with E-state index in [0.29, 0.717) is 12.5 Å². The standard InChI is InChI=1S/C9H15N5O2/c1-9(2,3)16-8(15)13-5-4-6-14-7(13)10-11-12-14/h4-6H2,1-3H3. The van der Waals surface area contributed by atoms with E-state index in [-0.39, 0.29) is 0 Å². The molecule has 16 heavy (non-hydrogen) atoms. The van der Waals surface area contributed by atoms with Crippen molar-refractivity contribution in [2.45, 2.75) is 39.3 Å². The van der Waals surface area contributed by atoms with E-state index in [2.05, 4.69) is 15.5 Å². The maximum absolute atomic E-state index is 11.9. The van der Waals surface area contributed by atoms with Crippen LogP contribution in [0.25, 0.3) is 0 Å². The second kappa shape index (κ2) is 3.73. The fraction of sp³-hybridized carbons (Fsp3) is 0.778. The summed E-state index contributed by atoms with van der Waals surface area (Å²) in [7, 11) is 0. The summed E-state index contributed by atoms with van der Waals surface area (Å²) < 4.78 is 6.89. The molecule has 0 aliphatic carbocycles. The molecule has 0 bridgehead atoms. The molecule has 0 saturated carbocycles. The lowest BCUT2D eigenvalue weighted by molar-refractivity contribution is 0.0571. The third kappa shape index (κ3) is 2.12. The summed E-state index contributed by atoms with van der Waals surface area (Å²) in [6, 6.07) is 0. The number of ether oxygens (including phenoxy) is 1. The summed E-state index contributed by atoms with van der Waals surface area (Å²) >= 11 is 0. The van der Waals surface area contributed by atoms with E-state index in [0.717, 1.165) is 13.0 Å². The van der Waals surface area contributed by atoms with Crippen molar-refractivity contribution in [3.63, 3.8) is 0 Å². The molecule has 88 valence electrons. The van der Waals surface area contributed by atoms with Gasteiger partial charge in [0.2, 0.25) is 0 Å². The number of nitrogens with zero attached hydrogens (tertiary/aromatic N) is 5. The van der Waals surface area contributed by atoms with Crippen molar-refractivity contribution in [3.8, 4) is 0 Å². The Morgan fingerprint density at radius 1 is 1.38 bits per heavy atom. The van der Waals surface area contributed by atoms with E-state index in [4.69, 9.17) is 4.74 Å². The predicted molar refractivity (Wildman–Crippen MR) is 56.0 cm³/mol. The Labute approximate surface area is 93.4 Å². The monoisotopic (exact) mass is 225 g/mol. The van der Waals surface area contributed by atoms with Crippen LogP contribution in [0.1, 0.15) is 27.2 Å². The number of hydrogen-bond acceptors (Lipinski definition) is 5. The van der Waals surface area contributed by atoms with Gasteiger partial charge in [-0.2, -0.15) is 0 Å². The van der Waals surface area contributed by atoms with E-state index in [1.807, 2.05) is 20.8 Å². The van der Waals surface area contributed by atoms with Crippen molar-refractivity contribution in [2.75, 3.05) is 11.4 Å². The zero-order chi connectivity index (χ0) is 11.8. The molecule has 0 aromatic carbocycles. The van der Waals surface area contributed by atoms with Gasteiger partial charge >= 0.3 is 6.09 Å². The molecule has 0 unspecified atom stereocenters. The number of aromatic nitrogens is 4. The van der Waals surface area contributed by atoms with Crippen molar-refractivity contribution < 1.29 is 9.53 Å². The molecule has 1 aliphatic rings. The molecule has 0 fully saturated rings. The number of carbonyl (C=O) groups excluding carboxylic acids is 1. The number of anilines is 1. The van der Waals surface area contributed by atoms with Crippen molar-refractivity contribution >= 4 is 12.0 Å². The summed E-state index contributed by atoms with van der Waals surface area (Å²) in [5, 5.41) is 11.2. The van der Waals surface area contributed by atoms with E-state index < -0.39 is 11.7 Å². The highest BCUT2D eigenvalue weighted by molar-refractivity contribution is 5.85. The van der Waals surface area contributed by atoms with Gasteiger partial charge in [-0.05, 0) is 37.6 Å². The predicted octanol–water partition coefficient (Wildman–Crippen LogP) is 0.818. The van der Waals surface area contributed by atoms with Gasteiger partial charge in [0.15, 0.2) is 0 Å². The van der Waals surface area contributed by atoms with Gasteiger partial charge in [-0.15, -0.1) is 0 Å². The molecular weight excluding hydrogens is 210 g/mol. The van der Waals surface area contributed by atoms with Crippen LogP contribution in [0.3, 0.4) is 0 Å². The highest BCUT2D eigenvalue weighted by Gasteiger charge is 2.29. The molecular formula is C9H15N5O2. The van der Waals surface area contributed by atoms with Gasteiger partial charge in [0, 0.05) is 13.1 Å². The average molecular weight is 225 g/mol. The number of fused-ring (bicyclic) bond motifs is 1. The van der Waals surface area contributed by atoms with E-state index in [1.165, 1.54) is 4.90 Å². The first-order chi connectivity index (χ1) is 7.47. The maximum atomic E-state index is 11.9. The number of hydrogen-bond donors (Lipinski definition) is 0. The normalized spacial score (nSPS) is 15.8. The Bertz CT molecular complexity index is 395. The van der Waals surface area contributed by atoms with Gasteiger partial charge in [-0.1, -0.05) is 5.10 Å². The summed E-state index contributed by atoms with van der Waals surface area (Å²) in [5.41, 5.74) is -0.507. The Morgan fingerprint density at radius 3 is 2.81 bits per heavy atom. The number of amides is 1. The zero-order valence-corrected chi connectivity index (χ0v) is 9.67. The molecule has 7 nitrogen and oxygen atoms in total. The summed E-state index contributed by atoms with van der Waals surface area (Å²) in [4.78, 5) is 13.3. The lowest BCUT2D eigenvalue weighted by Gasteiger charge is -2.28. The zero-order valence-electron chi connectivity index (χ0n) is 9.67. The first kappa shape index (κ1) is 10.8. The summed E-state index contributed by atoms with van der Waals surface area (Å²) in [6.07, 6.45) is 0.431. The summed E-state index contributed by atoms with van der Waals surface area (Å²) in [6.45, 7) is 6.82. The SMILES string of the molecule is CC(C)(C)OC(=O)N1CCCn2nnnc21. The smallest absolute Gasteiger partial charge is 0.417 e. The van der Waals surface area contributed by atoms with E-state index in [9.17, 15) is 4.79 Å². The minimum atomic E-state index is -0.507. The molecule has 1 aromatic rings. The quantitative estimate of drug-likeness (QED) is 0.653. The highest BCUT2D eigenvalue weighted by atomic mass is 16.6. The molecule has 0 saturated heterocycles. The topological polar surface area (TPSA) is 73.1 Å². The second-order valence-electron chi connectivity index (χ2n) is 4.69.